The van der Waals surface area contributed by atoms with Gasteiger partial charge in [-0.1, -0.05) is 26.8 Å². The molecule has 0 radical (unpaired) electrons. The summed E-state index contributed by atoms with van der Waals surface area (Å²) < 4.78 is 0. The van der Waals surface area contributed by atoms with Gasteiger partial charge in [-0.25, -0.2) is 0 Å². The fourth-order valence-electron chi connectivity index (χ4n) is 2.22. The molecular formula is C13H22N2O2. The van der Waals surface area contributed by atoms with Gasteiger partial charge in [0, 0.05) is 6.54 Å². The second kappa shape index (κ2) is 5.84. The number of carbonyl (C=O) groups is 2. The van der Waals surface area contributed by atoms with E-state index in [0.29, 0.717) is 13.0 Å². The molecule has 96 valence electrons. The lowest BCUT2D eigenvalue weighted by atomic mass is 9.96. The number of piperazine rings is 1. The molecule has 0 aromatic carbocycles. The van der Waals surface area contributed by atoms with E-state index in [-0.39, 0.29) is 29.8 Å². The smallest absolute Gasteiger partial charge is 0.245 e. The van der Waals surface area contributed by atoms with Crippen molar-refractivity contribution in [2.45, 2.75) is 45.7 Å². The third-order valence-electron chi connectivity index (χ3n) is 3.12. The summed E-state index contributed by atoms with van der Waals surface area (Å²) in [5.74, 6) is 0.129. The molecule has 1 aliphatic rings. The van der Waals surface area contributed by atoms with Gasteiger partial charge in [0.2, 0.25) is 11.8 Å². The Kier molecular flexibility index (Phi) is 4.73. The van der Waals surface area contributed by atoms with Crippen LogP contribution in [0.4, 0.5) is 0 Å². The van der Waals surface area contributed by atoms with Crippen molar-refractivity contribution in [1.29, 1.82) is 0 Å². The van der Waals surface area contributed by atoms with Crippen molar-refractivity contribution < 1.29 is 9.59 Å². The minimum Gasteiger partial charge on any atom is -0.343 e. The fraction of sp³-hybridized carbons (Fsp3) is 0.692. The number of rotatable bonds is 5. The van der Waals surface area contributed by atoms with E-state index in [2.05, 4.69) is 11.9 Å². The Bertz CT molecular complexity index is 313. The van der Waals surface area contributed by atoms with Crippen LogP contribution in [0, 0.1) is 5.92 Å². The van der Waals surface area contributed by atoms with Crippen LogP contribution in [0.3, 0.4) is 0 Å². The van der Waals surface area contributed by atoms with Crippen molar-refractivity contribution >= 4 is 11.8 Å². The van der Waals surface area contributed by atoms with Gasteiger partial charge in [-0.15, -0.1) is 6.58 Å². The number of nitrogens with one attached hydrogen (secondary N) is 1. The molecule has 2 atom stereocenters. The van der Waals surface area contributed by atoms with Gasteiger partial charge in [0.1, 0.15) is 12.1 Å². The molecule has 0 bridgehead atoms. The molecular weight excluding hydrogens is 216 g/mol. The second-order valence-electron chi connectivity index (χ2n) is 4.77. The van der Waals surface area contributed by atoms with E-state index < -0.39 is 0 Å². The maximum Gasteiger partial charge on any atom is 0.245 e. The highest BCUT2D eigenvalue weighted by atomic mass is 16.2. The summed E-state index contributed by atoms with van der Waals surface area (Å²) in [5.41, 5.74) is 0. The topological polar surface area (TPSA) is 49.4 Å². The van der Waals surface area contributed by atoms with Crippen molar-refractivity contribution in [3.8, 4) is 0 Å². The first-order chi connectivity index (χ1) is 8.02. The number of amides is 2. The van der Waals surface area contributed by atoms with Gasteiger partial charge in [0.25, 0.3) is 0 Å². The zero-order chi connectivity index (χ0) is 13.0. The highest BCUT2D eigenvalue weighted by Gasteiger charge is 2.40. The Morgan fingerprint density at radius 2 is 2.12 bits per heavy atom. The van der Waals surface area contributed by atoms with Crippen molar-refractivity contribution in [3.05, 3.63) is 12.7 Å². The Morgan fingerprint density at radius 3 is 2.59 bits per heavy atom. The summed E-state index contributed by atoms with van der Waals surface area (Å²) in [6, 6.07) is -0.701. The summed E-state index contributed by atoms with van der Waals surface area (Å²) in [6.45, 7) is 10.1. The maximum absolute atomic E-state index is 12.2. The zero-order valence-corrected chi connectivity index (χ0v) is 10.9. The molecule has 17 heavy (non-hydrogen) atoms. The minimum atomic E-state index is -0.359. The first-order valence-corrected chi connectivity index (χ1v) is 6.24. The molecule has 1 N–H and O–H groups in total. The van der Waals surface area contributed by atoms with E-state index in [9.17, 15) is 9.59 Å². The molecule has 1 rings (SSSR count). The molecule has 1 saturated heterocycles. The molecule has 0 saturated carbocycles. The first-order valence-electron chi connectivity index (χ1n) is 6.24. The Hall–Kier alpha value is -1.32. The van der Waals surface area contributed by atoms with E-state index in [0.717, 1.165) is 6.42 Å². The number of hydrogen-bond donors (Lipinski definition) is 1. The number of hydrogen-bond acceptors (Lipinski definition) is 2. The number of carbonyl (C=O) groups excluding carboxylic acids is 2. The number of nitrogens with zero attached hydrogens (tertiary/aromatic N) is 1. The van der Waals surface area contributed by atoms with Gasteiger partial charge < -0.3 is 10.2 Å². The molecule has 1 aliphatic heterocycles. The van der Waals surface area contributed by atoms with Crippen LogP contribution in [-0.2, 0) is 9.59 Å². The van der Waals surface area contributed by atoms with E-state index in [1.807, 2.05) is 20.8 Å². The van der Waals surface area contributed by atoms with Crippen LogP contribution in [0.25, 0.3) is 0 Å². The van der Waals surface area contributed by atoms with Crippen molar-refractivity contribution in [2.75, 3.05) is 6.54 Å². The Labute approximate surface area is 103 Å². The van der Waals surface area contributed by atoms with Crippen molar-refractivity contribution in [3.63, 3.8) is 0 Å². The molecule has 0 spiro atoms. The van der Waals surface area contributed by atoms with Crippen LogP contribution < -0.4 is 5.32 Å². The Morgan fingerprint density at radius 1 is 1.47 bits per heavy atom. The molecule has 4 heteroatoms. The van der Waals surface area contributed by atoms with Gasteiger partial charge in [0.15, 0.2) is 0 Å². The van der Waals surface area contributed by atoms with Crippen LogP contribution in [0.5, 0.6) is 0 Å². The largest absolute Gasteiger partial charge is 0.343 e. The summed E-state index contributed by atoms with van der Waals surface area (Å²) in [4.78, 5) is 25.9. The average molecular weight is 238 g/mol. The molecule has 1 heterocycles. The third kappa shape index (κ3) is 2.87. The summed E-state index contributed by atoms with van der Waals surface area (Å²) in [6.07, 6.45) is 3.14. The molecule has 0 aliphatic carbocycles. The second-order valence-corrected chi connectivity index (χ2v) is 4.77. The van der Waals surface area contributed by atoms with Crippen LogP contribution in [0.1, 0.15) is 33.6 Å². The molecule has 0 aromatic heterocycles. The highest BCUT2D eigenvalue weighted by molar-refractivity contribution is 5.97. The molecule has 1 fully saturated rings. The zero-order valence-electron chi connectivity index (χ0n) is 10.9. The summed E-state index contributed by atoms with van der Waals surface area (Å²) >= 11 is 0. The van der Waals surface area contributed by atoms with Gasteiger partial charge >= 0.3 is 0 Å². The van der Waals surface area contributed by atoms with Crippen LogP contribution in [-0.4, -0.2) is 35.3 Å². The van der Waals surface area contributed by atoms with E-state index in [4.69, 9.17) is 0 Å². The van der Waals surface area contributed by atoms with Crippen LogP contribution >= 0.6 is 0 Å². The van der Waals surface area contributed by atoms with Gasteiger partial charge in [-0.05, 0) is 18.8 Å². The van der Waals surface area contributed by atoms with E-state index in [1.54, 1.807) is 11.0 Å². The molecule has 0 aromatic rings. The molecule has 2 unspecified atom stereocenters. The maximum atomic E-state index is 12.2. The predicted octanol–water partition coefficient (Wildman–Crippen LogP) is 1.32. The average Bonchev–Trinajstić information content (AvgIpc) is 2.28. The summed E-state index contributed by atoms with van der Waals surface area (Å²) in [5, 5.41) is 2.80. The van der Waals surface area contributed by atoms with E-state index >= 15 is 0 Å². The molecule has 2 amide bonds. The first kappa shape index (κ1) is 13.7. The lowest BCUT2D eigenvalue weighted by Crippen LogP contribution is -2.64. The van der Waals surface area contributed by atoms with Crippen molar-refractivity contribution in [1.82, 2.24) is 10.2 Å². The lowest BCUT2D eigenvalue weighted by Gasteiger charge is -2.40. The van der Waals surface area contributed by atoms with Gasteiger partial charge in [0.05, 0.1) is 0 Å². The van der Waals surface area contributed by atoms with Gasteiger partial charge in [-0.3, -0.25) is 9.59 Å². The summed E-state index contributed by atoms with van der Waals surface area (Å²) in [7, 11) is 0. The SMILES string of the molecule is C=CCCN1C(=O)C(CC)NC(=O)C1C(C)C. The standard InChI is InChI=1S/C13H22N2O2/c1-5-7-8-15-11(9(3)4)12(16)14-10(6-2)13(15)17/h5,9-11H,1,6-8H2,2-4H3,(H,14,16). The third-order valence-corrected chi connectivity index (χ3v) is 3.12. The van der Waals surface area contributed by atoms with Crippen molar-refractivity contribution in [2.24, 2.45) is 5.92 Å². The van der Waals surface area contributed by atoms with Crippen LogP contribution in [0.2, 0.25) is 0 Å². The highest BCUT2D eigenvalue weighted by Crippen LogP contribution is 2.18. The van der Waals surface area contributed by atoms with Crippen LogP contribution in [0.15, 0.2) is 12.7 Å². The fourth-order valence-corrected chi connectivity index (χ4v) is 2.22. The molecule has 4 nitrogen and oxygen atoms in total. The normalized spacial score (nSPS) is 25.1. The predicted molar refractivity (Wildman–Crippen MR) is 67.4 cm³/mol. The minimum absolute atomic E-state index is 0.0319. The van der Waals surface area contributed by atoms with E-state index in [1.165, 1.54) is 0 Å². The van der Waals surface area contributed by atoms with Gasteiger partial charge in [-0.2, -0.15) is 0 Å². The Balaban J connectivity index is 2.90. The monoisotopic (exact) mass is 238 g/mol. The quantitative estimate of drug-likeness (QED) is 0.734. The lowest BCUT2D eigenvalue weighted by molar-refractivity contribution is -0.151.